The van der Waals surface area contributed by atoms with E-state index in [0.29, 0.717) is 10.6 Å². The topological polar surface area (TPSA) is 97.8 Å². The number of aromatic nitrogens is 1. The van der Waals surface area contributed by atoms with Gasteiger partial charge in [0.1, 0.15) is 4.88 Å². The molecule has 0 bridgehead atoms. The number of nitrogens with zero attached hydrogens (tertiary/aromatic N) is 1. The Labute approximate surface area is 143 Å². The number of rotatable bonds is 6. The quantitative estimate of drug-likeness (QED) is 0.831. The number of benzene rings is 1. The van der Waals surface area contributed by atoms with Crippen LogP contribution >= 0.6 is 11.3 Å². The van der Waals surface area contributed by atoms with Crippen LogP contribution in [0.5, 0.6) is 11.5 Å². The summed E-state index contributed by atoms with van der Waals surface area (Å²) in [5, 5.41) is 12.8. The number of carboxylic acids is 1. The number of thiazole rings is 1. The fraction of sp³-hybridized carbons (Fsp3) is 0.312. The van der Waals surface area contributed by atoms with E-state index in [2.05, 4.69) is 10.3 Å². The van der Waals surface area contributed by atoms with Crippen molar-refractivity contribution in [3.05, 3.63) is 33.3 Å². The van der Waals surface area contributed by atoms with E-state index in [1.165, 1.54) is 37.7 Å². The van der Waals surface area contributed by atoms with Gasteiger partial charge in [-0.05, 0) is 25.5 Å². The molecule has 128 valence electrons. The fourth-order valence-electron chi connectivity index (χ4n) is 2.17. The van der Waals surface area contributed by atoms with Crippen LogP contribution < -0.4 is 14.8 Å². The second-order valence-electron chi connectivity index (χ2n) is 4.89. The predicted molar refractivity (Wildman–Crippen MR) is 90.7 cm³/mol. The molecular formula is C16H18N2O5S. The molecule has 0 saturated heterocycles. The van der Waals surface area contributed by atoms with Crippen LogP contribution in [-0.2, 0) is 6.42 Å². The molecule has 8 heteroatoms. The van der Waals surface area contributed by atoms with Crippen molar-refractivity contribution in [2.24, 2.45) is 0 Å². The van der Waals surface area contributed by atoms with E-state index in [1.54, 1.807) is 6.92 Å². The zero-order chi connectivity index (χ0) is 17.9. The minimum atomic E-state index is -1.13. The molecule has 1 aromatic heterocycles. The van der Waals surface area contributed by atoms with Crippen LogP contribution in [-0.4, -0.2) is 36.2 Å². The molecule has 1 aromatic carbocycles. The zero-order valence-corrected chi connectivity index (χ0v) is 14.6. The molecule has 0 fully saturated rings. The summed E-state index contributed by atoms with van der Waals surface area (Å²) in [6, 6.07) is 2.67. The van der Waals surface area contributed by atoms with Gasteiger partial charge in [0.25, 0.3) is 5.91 Å². The normalized spacial score (nSPS) is 10.3. The molecule has 7 nitrogen and oxygen atoms in total. The first-order valence-corrected chi connectivity index (χ1v) is 7.99. The Balaban J connectivity index is 2.43. The van der Waals surface area contributed by atoms with E-state index >= 15 is 0 Å². The highest BCUT2D eigenvalue weighted by Crippen LogP contribution is 2.37. The Kier molecular flexibility index (Phi) is 5.40. The van der Waals surface area contributed by atoms with Crippen LogP contribution in [0.15, 0.2) is 12.1 Å². The van der Waals surface area contributed by atoms with Gasteiger partial charge in [-0.25, -0.2) is 9.78 Å². The molecule has 0 radical (unpaired) electrons. The average Bonchev–Trinajstić information content (AvgIpc) is 2.94. The molecule has 0 aliphatic rings. The van der Waals surface area contributed by atoms with Crippen molar-refractivity contribution in [3.63, 3.8) is 0 Å². The second kappa shape index (κ2) is 7.31. The van der Waals surface area contributed by atoms with Gasteiger partial charge in [-0.15, -0.1) is 11.3 Å². The summed E-state index contributed by atoms with van der Waals surface area (Å²) in [5.74, 6) is -1.02. The van der Waals surface area contributed by atoms with Gasteiger partial charge in [0.05, 0.1) is 36.2 Å². The summed E-state index contributed by atoms with van der Waals surface area (Å²) in [5.41, 5.74) is 0.845. The molecule has 0 atom stereocenters. The lowest BCUT2D eigenvalue weighted by atomic mass is 10.1. The fourth-order valence-corrected chi connectivity index (χ4v) is 3.07. The first-order chi connectivity index (χ1) is 11.4. The number of anilines is 1. The predicted octanol–water partition coefficient (Wildman–Crippen LogP) is 2.98. The maximum atomic E-state index is 12.5. The van der Waals surface area contributed by atoms with Crippen molar-refractivity contribution in [2.75, 3.05) is 19.5 Å². The minimum absolute atomic E-state index is 0.0155. The number of nitrogens with one attached hydrogen (secondary N) is 1. The Hall–Kier alpha value is -2.61. The summed E-state index contributed by atoms with van der Waals surface area (Å²) < 4.78 is 10.4. The molecule has 1 amide bonds. The van der Waals surface area contributed by atoms with Gasteiger partial charge >= 0.3 is 5.97 Å². The summed E-state index contributed by atoms with van der Waals surface area (Å²) >= 11 is 1.31. The SMILES string of the molecule is CCc1nc(C)c(C(=O)Nc2cc(C(=O)O)cc(OC)c2OC)s1. The molecule has 2 aromatic rings. The number of ether oxygens (including phenoxy) is 2. The minimum Gasteiger partial charge on any atom is -0.493 e. The van der Waals surface area contributed by atoms with Gasteiger partial charge in [0.2, 0.25) is 0 Å². The van der Waals surface area contributed by atoms with Crippen molar-refractivity contribution in [3.8, 4) is 11.5 Å². The summed E-state index contributed by atoms with van der Waals surface area (Å²) in [4.78, 5) is 28.6. The van der Waals surface area contributed by atoms with E-state index < -0.39 is 5.97 Å². The van der Waals surface area contributed by atoms with Crippen LogP contribution in [0, 0.1) is 6.92 Å². The van der Waals surface area contributed by atoms with E-state index in [9.17, 15) is 14.7 Å². The molecule has 0 spiro atoms. The number of hydrogen-bond acceptors (Lipinski definition) is 6. The zero-order valence-electron chi connectivity index (χ0n) is 13.8. The Morgan fingerprint density at radius 2 is 2.00 bits per heavy atom. The first kappa shape index (κ1) is 17.7. The molecule has 1 heterocycles. The van der Waals surface area contributed by atoms with Crippen molar-refractivity contribution in [2.45, 2.75) is 20.3 Å². The highest BCUT2D eigenvalue weighted by molar-refractivity contribution is 7.13. The number of carbonyl (C=O) groups is 2. The average molecular weight is 350 g/mol. The maximum absolute atomic E-state index is 12.5. The van der Waals surface area contributed by atoms with Crippen LogP contribution in [0.2, 0.25) is 0 Å². The summed E-state index contributed by atoms with van der Waals surface area (Å²) in [7, 11) is 2.82. The lowest BCUT2D eigenvalue weighted by Gasteiger charge is -2.14. The first-order valence-electron chi connectivity index (χ1n) is 7.18. The molecule has 24 heavy (non-hydrogen) atoms. The monoisotopic (exact) mass is 350 g/mol. The standard InChI is InChI=1S/C16H18N2O5S/c1-5-12-17-8(2)14(24-12)15(19)18-10-6-9(16(20)21)7-11(22-3)13(10)23-4/h6-7H,5H2,1-4H3,(H,18,19)(H,20,21). The van der Waals surface area contributed by atoms with Crippen LogP contribution in [0.3, 0.4) is 0 Å². The maximum Gasteiger partial charge on any atom is 0.335 e. The number of aryl methyl sites for hydroxylation is 2. The van der Waals surface area contributed by atoms with Crippen LogP contribution in [0.1, 0.15) is 37.7 Å². The highest BCUT2D eigenvalue weighted by Gasteiger charge is 2.20. The van der Waals surface area contributed by atoms with E-state index in [-0.39, 0.29) is 28.7 Å². The molecule has 2 N–H and O–H groups in total. The van der Waals surface area contributed by atoms with Crippen molar-refractivity contribution < 1.29 is 24.2 Å². The Bertz CT molecular complexity index is 785. The second-order valence-corrected chi connectivity index (χ2v) is 5.98. The number of amides is 1. The molecule has 0 aliphatic carbocycles. The third kappa shape index (κ3) is 3.48. The number of carboxylic acid groups (broad SMARTS) is 1. The van der Waals surface area contributed by atoms with Gasteiger partial charge in [0, 0.05) is 0 Å². The van der Waals surface area contributed by atoms with Gasteiger partial charge < -0.3 is 19.9 Å². The number of aromatic carboxylic acids is 1. The largest absolute Gasteiger partial charge is 0.493 e. The Morgan fingerprint density at radius 3 is 2.50 bits per heavy atom. The number of methoxy groups -OCH3 is 2. The number of carbonyl (C=O) groups excluding carboxylic acids is 1. The summed E-state index contributed by atoms with van der Waals surface area (Å²) in [6.45, 7) is 3.72. The Morgan fingerprint density at radius 1 is 1.29 bits per heavy atom. The summed E-state index contributed by atoms with van der Waals surface area (Å²) in [6.07, 6.45) is 0.741. The van der Waals surface area contributed by atoms with Crippen molar-refractivity contribution in [1.82, 2.24) is 4.98 Å². The van der Waals surface area contributed by atoms with Crippen molar-refractivity contribution >= 4 is 28.9 Å². The molecule has 0 saturated carbocycles. The number of hydrogen-bond donors (Lipinski definition) is 2. The van der Waals surface area contributed by atoms with Gasteiger partial charge in [-0.2, -0.15) is 0 Å². The third-order valence-electron chi connectivity index (χ3n) is 3.32. The van der Waals surface area contributed by atoms with Crippen LogP contribution in [0.25, 0.3) is 0 Å². The molecule has 2 rings (SSSR count). The van der Waals surface area contributed by atoms with Crippen LogP contribution in [0.4, 0.5) is 5.69 Å². The third-order valence-corrected chi connectivity index (χ3v) is 4.62. The molecule has 0 unspecified atom stereocenters. The van der Waals surface area contributed by atoms with Gasteiger partial charge in [0.15, 0.2) is 11.5 Å². The molecular weight excluding hydrogens is 332 g/mol. The van der Waals surface area contributed by atoms with Gasteiger partial charge in [-0.3, -0.25) is 4.79 Å². The van der Waals surface area contributed by atoms with Gasteiger partial charge in [-0.1, -0.05) is 6.92 Å². The van der Waals surface area contributed by atoms with Crippen molar-refractivity contribution in [1.29, 1.82) is 0 Å². The van der Waals surface area contributed by atoms with E-state index in [4.69, 9.17) is 9.47 Å². The molecule has 0 aliphatic heterocycles. The smallest absolute Gasteiger partial charge is 0.335 e. The van der Waals surface area contributed by atoms with E-state index in [0.717, 1.165) is 11.4 Å². The van der Waals surface area contributed by atoms with E-state index in [1.807, 2.05) is 6.92 Å². The lowest BCUT2D eigenvalue weighted by Crippen LogP contribution is -2.13. The highest BCUT2D eigenvalue weighted by atomic mass is 32.1. The lowest BCUT2D eigenvalue weighted by molar-refractivity contribution is 0.0696.